The first-order valence-electron chi connectivity index (χ1n) is 7.42. The van der Waals surface area contributed by atoms with E-state index < -0.39 is 17.3 Å². The van der Waals surface area contributed by atoms with Crippen molar-refractivity contribution in [3.63, 3.8) is 0 Å². The van der Waals surface area contributed by atoms with Crippen LogP contribution in [0.1, 0.15) is 20.8 Å². The average Bonchev–Trinajstić information content (AvgIpc) is 2.45. The van der Waals surface area contributed by atoms with E-state index in [9.17, 15) is 14.7 Å². The fourth-order valence-corrected chi connectivity index (χ4v) is 2.42. The number of benzene rings is 2. The molecule has 0 radical (unpaired) electrons. The molecule has 3 rings (SSSR count). The summed E-state index contributed by atoms with van der Waals surface area (Å²) >= 11 is 0. The predicted molar refractivity (Wildman–Crippen MR) is 91.5 cm³/mol. The summed E-state index contributed by atoms with van der Waals surface area (Å²) in [6.45, 7) is 5.30. The molecule has 3 aromatic rings. The molecule has 0 spiro atoms. The Hall–Kier alpha value is -3.02. The Morgan fingerprint density at radius 3 is 2.50 bits per heavy atom. The summed E-state index contributed by atoms with van der Waals surface area (Å²) in [5.74, 6) is 0.0215. The zero-order chi connectivity index (χ0) is 17.5. The van der Waals surface area contributed by atoms with Crippen molar-refractivity contribution >= 4 is 33.5 Å². The van der Waals surface area contributed by atoms with Crippen LogP contribution in [0.5, 0.6) is 5.75 Å². The molecule has 0 unspecified atom stereocenters. The molecule has 1 heterocycles. The minimum Gasteiger partial charge on any atom is -0.508 e. The van der Waals surface area contributed by atoms with Gasteiger partial charge in [-0.3, -0.25) is 5.32 Å². The Labute approximate surface area is 137 Å². The smallest absolute Gasteiger partial charge is 0.412 e. The highest BCUT2D eigenvalue weighted by Gasteiger charge is 2.17. The quantitative estimate of drug-likeness (QED) is 0.521. The normalized spacial score (nSPS) is 11.6. The second kappa shape index (κ2) is 5.56. The SMILES string of the molecule is CC(C)(C)OC(=O)Nc1ccc2c(c1)c(=O)oc1cc(O)ccc12. The van der Waals surface area contributed by atoms with E-state index in [1.54, 1.807) is 39.0 Å². The minimum atomic E-state index is -0.613. The van der Waals surface area contributed by atoms with Gasteiger partial charge in [0, 0.05) is 22.5 Å². The van der Waals surface area contributed by atoms with Crippen molar-refractivity contribution in [2.45, 2.75) is 26.4 Å². The molecule has 0 bridgehead atoms. The van der Waals surface area contributed by atoms with Gasteiger partial charge in [0.25, 0.3) is 0 Å². The third-order valence-electron chi connectivity index (χ3n) is 3.34. The Morgan fingerprint density at radius 1 is 1.08 bits per heavy atom. The van der Waals surface area contributed by atoms with Crippen LogP contribution in [-0.2, 0) is 4.74 Å². The maximum atomic E-state index is 12.2. The lowest BCUT2D eigenvalue weighted by Gasteiger charge is -2.19. The molecule has 0 saturated heterocycles. The number of hydrogen-bond acceptors (Lipinski definition) is 5. The zero-order valence-corrected chi connectivity index (χ0v) is 13.5. The molecule has 24 heavy (non-hydrogen) atoms. The number of rotatable bonds is 1. The van der Waals surface area contributed by atoms with Gasteiger partial charge >= 0.3 is 11.7 Å². The maximum absolute atomic E-state index is 12.2. The van der Waals surface area contributed by atoms with Gasteiger partial charge in [-0.05, 0) is 45.0 Å². The number of amides is 1. The van der Waals surface area contributed by atoms with Crippen molar-refractivity contribution in [2.24, 2.45) is 0 Å². The number of phenols is 1. The van der Waals surface area contributed by atoms with E-state index in [4.69, 9.17) is 9.15 Å². The Balaban J connectivity index is 2.04. The second-order valence-electron chi connectivity index (χ2n) is 6.46. The van der Waals surface area contributed by atoms with Crippen LogP contribution in [-0.4, -0.2) is 16.8 Å². The standard InChI is InChI=1S/C18H17NO5/c1-18(2,3)24-17(22)19-10-4-6-12-13-7-5-11(20)9-15(13)23-16(21)14(12)8-10/h4-9,20H,1-3H3,(H,19,22). The molecule has 1 amide bonds. The van der Waals surface area contributed by atoms with Crippen molar-refractivity contribution in [1.29, 1.82) is 0 Å². The van der Waals surface area contributed by atoms with Gasteiger partial charge in [0.2, 0.25) is 0 Å². The van der Waals surface area contributed by atoms with Crippen molar-refractivity contribution in [1.82, 2.24) is 0 Å². The molecule has 2 N–H and O–H groups in total. The number of carbonyl (C=O) groups excluding carboxylic acids is 1. The van der Waals surface area contributed by atoms with Crippen LogP contribution in [0, 0.1) is 0 Å². The first-order chi connectivity index (χ1) is 11.2. The highest BCUT2D eigenvalue weighted by atomic mass is 16.6. The van der Waals surface area contributed by atoms with Gasteiger partial charge in [-0.1, -0.05) is 6.07 Å². The number of anilines is 1. The summed E-state index contributed by atoms with van der Waals surface area (Å²) in [5, 5.41) is 13.8. The Morgan fingerprint density at radius 2 is 1.79 bits per heavy atom. The predicted octanol–water partition coefficient (Wildman–Crippen LogP) is 4.00. The van der Waals surface area contributed by atoms with E-state index in [-0.39, 0.29) is 5.75 Å². The van der Waals surface area contributed by atoms with Gasteiger partial charge in [0.05, 0.1) is 5.39 Å². The van der Waals surface area contributed by atoms with E-state index in [2.05, 4.69) is 5.32 Å². The minimum absolute atomic E-state index is 0.0215. The first kappa shape index (κ1) is 15.9. The monoisotopic (exact) mass is 327 g/mol. The van der Waals surface area contributed by atoms with Gasteiger partial charge < -0.3 is 14.3 Å². The Bertz CT molecular complexity index is 998. The molecule has 6 heteroatoms. The summed E-state index contributed by atoms with van der Waals surface area (Å²) in [7, 11) is 0. The summed E-state index contributed by atoms with van der Waals surface area (Å²) in [4.78, 5) is 24.0. The molecule has 2 aromatic carbocycles. The number of carbonyl (C=O) groups is 1. The molecule has 6 nitrogen and oxygen atoms in total. The summed E-state index contributed by atoms with van der Waals surface area (Å²) < 4.78 is 10.4. The topological polar surface area (TPSA) is 88.8 Å². The molecular weight excluding hydrogens is 310 g/mol. The second-order valence-corrected chi connectivity index (χ2v) is 6.46. The molecule has 0 fully saturated rings. The van der Waals surface area contributed by atoms with Gasteiger partial charge in [0.1, 0.15) is 16.9 Å². The summed E-state index contributed by atoms with van der Waals surface area (Å²) in [6.07, 6.45) is -0.600. The number of ether oxygens (including phenoxy) is 1. The Kier molecular flexibility index (Phi) is 3.67. The van der Waals surface area contributed by atoms with Gasteiger partial charge in [0.15, 0.2) is 0 Å². The molecule has 0 atom stereocenters. The van der Waals surface area contributed by atoms with E-state index in [0.29, 0.717) is 27.4 Å². The van der Waals surface area contributed by atoms with Crippen LogP contribution in [0.15, 0.2) is 45.6 Å². The fraction of sp³-hybridized carbons (Fsp3) is 0.222. The molecular formula is C18H17NO5. The van der Waals surface area contributed by atoms with E-state index in [1.807, 2.05) is 0 Å². The van der Waals surface area contributed by atoms with E-state index in [0.717, 1.165) is 0 Å². The molecule has 124 valence electrons. The fourth-order valence-electron chi connectivity index (χ4n) is 2.42. The van der Waals surface area contributed by atoms with Crippen LogP contribution in [0.4, 0.5) is 10.5 Å². The largest absolute Gasteiger partial charge is 0.508 e. The van der Waals surface area contributed by atoms with Crippen molar-refractivity contribution < 1.29 is 19.1 Å². The highest BCUT2D eigenvalue weighted by Crippen LogP contribution is 2.27. The first-order valence-corrected chi connectivity index (χ1v) is 7.42. The van der Waals surface area contributed by atoms with E-state index >= 15 is 0 Å². The van der Waals surface area contributed by atoms with Gasteiger partial charge in [-0.15, -0.1) is 0 Å². The summed E-state index contributed by atoms with van der Waals surface area (Å²) in [6, 6.07) is 9.53. The number of hydrogen-bond donors (Lipinski definition) is 2. The molecule has 0 aliphatic rings. The van der Waals surface area contributed by atoms with Crippen molar-refractivity contribution in [2.75, 3.05) is 5.32 Å². The lowest BCUT2D eigenvalue weighted by atomic mass is 10.1. The summed E-state index contributed by atoms with van der Waals surface area (Å²) in [5.41, 5.74) is -0.420. The number of nitrogens with one attached hydrogen (secondary N) is 1. The third kappa shape index (κ3) is 3.17. The van der Waals surface area contributed by atoms with Gasteiger partial charge in [-0.2, -0.15) is 0 Å². The third-order valence-corrected chi connectivity index (χ3v) is 3.34. The molecule has 0 saturated carbocycles. The molecule has 1 aromatic heterocycles. The van der Waals surface area contributed by atoms with Crippen LogP contribution < -0.4 is 10.9 Å². The highest BCUT2D eigenvalue weighted by molar-refractivity contribution is 6.06. The van der Waals surface area contributed by atoms with Crippen LogP contribution in [0.25, 0.3) is 21.7 Å². The van der Waals surface area contributed by atoms with Crippen LogP contribution in [0.3, 0.4) is 0 Å². The molecule has 0 aliphatic heterocycles. The number of aromatic hydroxyl groups is 1. The lowest BCUT2D eigenvalue weighted by Crippen LogP contribution is -2.27. The average molecular weight is 327 g/mol. The molecule has 0 aliphatic carbocycles. The van der Waals surface area contributed by atoms with Crippen molar-refractivity contribution in [3.8, 4) is 5.75 Å². The number of fused-ring (bicyclic) bond motifs is 3. The lowest BCUT2D eigenvalue weighted by molar-refractivity contribution is 0.0636. The number of phenolic OH excluding ortho intramolecular Hbond substituents is 1. The van der Waals surface area contributed by atoms with Crippen LogP contribution in [0.2, 0.25) is 0 Å². The van der Waals surface area contributed by atoms with E-state index in [1.165, 1.54) is 18.2 Å². The van der Waals surface area contributed by atoms with Crippen LogP contribution >= 0.6 is 0 Å². The zero-order valence-electron chi connectivity index (χ0n) is 13.5. The maximum Gasteiger partial charge on any atom is 0.412 e. The van der Waals surface area contributed by atoms with Gasteiger partial charge in [-0.25, -0.2) is 9.59 Å². The van der Waals surface area contributed by atoms with Crippen molar-refractivity contribution in [3.05, 3.63) is 46.8 Å².